The standard InChI is InChI=1S/C24H23ClN2O6/c1-13-22(24(30)32-4)19(27-23(13)14(2)28)12-21(29)26-18-11-15(25)5-10-20(18)33-17-8-6-16(31-3)7-9-17/h5-11,27H,12H2,1-4H3,(H,26,29). The highest BCUT2D eigenvalue weighted by Crippen LogP contribution is 2.33. The van der Waals surface area contributed by atoms with Crippen molar-refractivity contribution in [1.82, 2.24) is 4.98 Å². The molecule has 2 aromatic carbocycles. The van der Waals surface area contributed by atoms with Crippen molar-refractivity contribution in [1.29, 1.82) is 0 Å². The number of H-pyrrole nitrogens is 1. The highest BCUT2D eigenvalue weighted by Gasteiger charge is 2.24. The monoisotopic (exact) mass is 470 g/mol. The lowest BCUT2D eigenvalue weighted by molar-refractivity contribution is -0.115. The Morgan fingerprint density at radius 1 is 1.03 bits per heavy atom. The van der Waals surface area contributed by atoms with Crippen molar-refractivity contribution >= 4 is 34.9 Å². The number of rotatable bonds is 8. The Morgan fingerprint density at radius 3 is 2.30 bits per heavy atom. The number of hydrogen-bond donors (Lipinski definition) is 2. The third-order valence-electron chi connectivity index (χ3n) is 4.91. The van der Waals surface area contributed by atoms with Crippen LogP contribution in [0, 0.1) is 6.92 Å². The zero-order valence-electron chi connectivity index (χ0n) is 18.6. The molecule has 0 aliphatic carbocycles. The number of ketones is 1. The van der Waals surface area contributed by atoms with Crippen molar-refractivity contribution < 1.29 is 28.6 Å². The zero-order valence-corrected chi connectivity index (χ0v) is 19.3. The predicted molar refractivity (Wildman–Crippen MR) is 124 cm³/mol. The lowest BCUT2D eigenvalue weighted by Crippen LogP contribution is -2.17. The van der Waals surface area contributed by atoms with Gasteiger partial charge in [-0.15, -0.1) is 0 Å². The molecule has 3 rings (SSSR count). The van der Waals surface area contributed by atoms with E-state index in [0.29, 0.717) is 33.5 Å². The van der Waals surface area contributed by atoms with E-state index in [1.165, 1.54) is 14.0 Å². The van der Waals surface area contributed by atoms with E-state index in [4.69, 9.17) is 25.8 Å². The Bertz CT molecular complexity index is 1200. The normalized spacial score (nSPS) is 10.5. The molecule has 33 heavy (non-hydrogen) atoms. The van der Waals surface area contributed by atoms with Gasteiger partial charge in [-0.3, -0.25) is 9.59 Å². The second-order valence-electron chi connectivity index (χ2n) is 7.17. The van der Waals surface area contributed by atoms with E-state index < -0.39 is 11.9 Å². The summed E-state index contributed by atoms with van der Waals surface area (Å²) in [6.07, 6.45) is -0.201. The first kappa shape index (κ1) is 23.9. The summed E-state index contributed by atoms with van der Waals surface area (Å²) in [6.45, 7) is 3.00. The minimum absolute atomic E-state index is 0.165. The van der Waals surface area contributed by atoms with Gasteiger partial charge in [0.05, 0.1) is 37.6 Å². The zero-order chi connectivity index (χ0) is 24.1. The number of benzene rings is 2. The number of amides is 1. The average Bonchev–Trinajstić information content (AvgIpc) is 3.11. The van der Waals surface area contributed by atoms with Crippen molar-refractivity contribution in [2.24, 2.45) is 0 Å². The average molecular weight is 471 g/mol. The molecule has 172 valence electrons. The Balaban J connectivity index is 1.85. The van der Waals surface area contributed by atoms with Gasteiger partial charge in [0.1, 0.15) is 11.5 Å². The first-order chi connectivity index (χ1) is 15.7. The van der Waals surface area contributed by atoms with Crippen LogP contribution in [0.5, 0.6) is 17.2 Å². The van der Waals surface area contributed by atoms with E-state index >= 15 is 0 Å². The van der Waals surface area contributed by atoms with Gasteiger partial charge in [-0.2, -0.15) is 0 Å². The van der Waals surface area contributed by atoms with Crippen LogP contribution in [0.25, 0.3) is 0 Å². The highest BCUT2D eigenvalue weighted by molar-refractivity contribution is 6.31. The molecule has 1 aromatic heterocycles. The van der Waals surface area contributed by atoms with Gasteiger partial charge in [-0.1, -0.05) is 11.6 Å². The molecule has 0 saturated heterocycles. The number of halogens is 1. The van der Waals surface area contributed by atoms with E-state index in [1.807, 2.05) is 0 Å². The quantitative estimate of drug-likeness (QED) is 0.356. The van der Waals surface area contributed by atoms with Crippen LogP contribution < -0.4 is 14.8 Å². The molecule has 3 aromatic rings. The minimum atomic E-state index is -0.634. The molecule has 0 spiro atoms. The SMILES string of the molecule is COC(=O)c1c(CC(=O)Nc2cc(Cl)ccc2Oc2ccc(OC)cc2)[nH]c(C(C)=O)c1C. The van der Waals surface area contributed by atoms with Crippen molar-refractivity contribution in [2.75, 3.05) is 19.5 Å². The summed E-state index contributed by atoms with van der Waals surface area (Å²) in [5, 5.41) is 3.15. The van der Waals surface area contributed by atoms with Gasteiger partial charge in [-0.25, -0.2) is 4.79 Å². The van der Waals surface area contributed by atoms with Crippen LogP contribution >= 0.6 is 11.6 Å². The van der Waals surface area contributed by atoms with E-state index in [9.17, 15) is 14.4 Å². The van der Waals surface area contributed by atoms with Crippen LogP contribution in [0.3, 0.4) is 0 Å². The molecule has 8 nitrogen and oxygen atoms in total. The maximum Gasteiger partial charge on any atom is 0.339 e. The van der Waals surface area contributed by atoms with Crippen molar-refractivity contribution in [2.45, 2.75) is 20.3 Å². The molecule has 0 aliphatic rings. The van der Waals surface area contributed by atoms with Gasteiger partial charge in [-0.05, 0) is 55.0 Å². The van der Waals surface area contributed by atoms with Crippen LogP contribution in [0.4, 0.5) is 5.69 Å². The van der Waals surface area contributed by atoms with Gasteiger partial charge in [0, 0.05) is 17.6 Å². The Morgan fingerprint density at radius 2 is 1.70 bits per heavy atom. The Labute approximate surface area is 195 Å². The lowest BCUT2D eigenvalue weighted by atomic mass is 10.1. The predicted octanol–water partition coefficient (Wildman–Crippen LogP) is 4.95. The number of carbonyl (C=O) groups excluding carboxylic acids is 3. The Hall–Kier alpha value is -3.78. The first-order valence-electron chi connectivity index (χ1n) is 9.95. The number of aromatic nitrogens is 1. The van der Waals surface area contributed by atoms with Gasteiger partial charge < -0.3 is 24.5 Å². The fraction of sp³-hybridized carbons (Fsp3) is 0.208. The van der Waals surface area contributed by atoms with Crippen LogP contribution in [0.15, 0.2) is 42.5 Å². The molecule has 0 bridgehead atoms. The van der Waals surface area contributed by atoms with E-state index in [0.717, 1.165) is 0 Å². The maximum absolute atomic E-state index is 12.9. The molecule has 9 heteroatoms. The molecule has 0 radical (unpaired) electrons. The number of hydrogen-bond acceptors (Lipinski definition) is 6. The molecule has 1 amide bonds. The lowest BCUT2D eigenvalue weighted by Gasteiger charge is -2.13. The molecule has 0 atom stereocenters. The second kappa shape index (κ2) is 10.2. The van der Waals surface area contributed by atoms with Crippen LogP contribution in [-0.4, -0.2) is 36.9 Å². The smallest absolute Gasteiger partial charge is 0.339 e. The summed E-state index contributed by atoms with van der Waals surface area (Å²) in [6, 6.07) is 11.8. The highest BCUT2D eigenvalue weighted by atomic mass is 35.5. The van der Waals surface area contributed by atoms with Crippen molar-refractivity contribution in [3.63, 3.8) is 0 Å². The van der Waals surface area contributed by atoms with Crippen LogP contribution in [-0.2, 0) is 16.0 Å². The number of methoxy groups -OCH3 is 2. The summed E-state index contributed by atoms with van der Waals surface area (Å²) >= 11 is 6.12. The number of nitrogens with one attached hydrogen (secondary N) is 2. The van der Waals surface area contributed by atoms with E-state index in [2.05, 4.69) is 10.3 Å². The molecule has 1 heterocycles. The molecule has 0 saturated carbocycles. The van der Waals surface area contributed by atoms with E-state index in [-0.39, 0.29) is 29.2 Å². The largest absolute Gasteiger partial charge is 0.497 e. The molecular formula is C24H23ClN2O6. The van der Waals surface area contributed by atoms with Gasteiger partial charge in [0.25, 0.3) is 0 Å². The topological polar surface area (TPSA) is 107 Å². The summed E-state index contributed by atoms with van der Waals surface area (Å²) in [4.78, 5) is 39.9. The van der Waals surface area contributed by atoms with Gasteiger partial charge >= 0.3 is 5.97 Å². The maximum atomic E-state index is 12.9. The van der Waals surface area contributed by atoms with Gasteiger partial charge in [0.2, 0.25) is 5.91 Å². The van der Waals surface area contributed by atoms with Gasteiger partial charge in [0.15, 0.2) is 11.5 Å². The van der Waals surface area contributed by atoms with E-state index in [1.54, 1.807) is 56.5 Å². The summed E-state index contributed by atoms with van der Waals surface area (Å²) in [7, 11) is 2.81. The van der Waals surface area contributed by atoms with Crippen molar-refractivity contribution in [3.05, 3.63) is 70.0 Å². The number of esters is 1. The summed E-state index contributed by atoms with van der Waals surface area (Å²) < 4.78 is 15.9. The minimum Gasteiger partial charge on any atom is -0.497 e. The number of carbonyl (C=O) groups is 3. The number of aromatic amines is 1. The Kier molecular flexibility index (Phi) is 7.40. The molecule has 0 unspecified atom stereocenters. The third-order valence-corrected chi connectivity index (χ3v) is 5.14. The summed E-state index contributed by atoms with van der Waals surface area (Å²) in [5.74, 6) is 0.253. The molecule has 2 N–H and O–H groups in total. The molecule has 0 aliphatic heterocycles. The second-order valence-corrected chi connectivity index (χ2v) is 7.61. The third kappa shape index (κ3) is 5.53. The fourth-order valence-corrected chi connectivity index (χ4v) is 3.51. The van der Waals surface area contributed by atoms with Crippen molar-refractivity contribution in [3.8, 4) is 17.2 Å². The molecule has 0 fully saturated rings. The fourth-order valence-electron chi connectivity index (χ4n) is 3.34. The molecular weight excluding hydrogens is 448 g/mol. The van der Waals surface area contributed by atoms with Crippen LogP contribution in [0.2, 0.25) is 5.02 Å². The first-order valence-corrected chi connectivity index (χ1v) is 10.3. The van der Waals surface area contributed by atoms with Crippen LogP contribution in [0.1, 0.15) is 39.0 Å². The summed E-state index contributed by atoms with van der Waals surface area (Å²) in [5.41, 5.74) is 1.48. The number of Topliss-reactive ketones (excluding diaryl/α,β-unsaturated/α-hetero) is 1. The number of anilines is 1. The number of ether oxygens (including phenoxy) is 3.